The summed E-state index contributed by atoms with van der Waals surface area (Å²) in [6, 6.07) is 3.26. The summed E-state index contributed by atoms with van der Waals surface area (Å²) >= 11 is 0. The van der Waals surface area contributed by atoms with Crippen LogP contribution >= 0.6 is 0 Å². The standard InChI is InChI=1S/C10H11N5O/c1-8-7-14(9-4-3-5-12-6-9)10(16)15(11-2)13-8/h3-6H,2,7H2,1H3. The average Bonchev–Trinajstić information content (AvgIpc) is 2.33. The fourth-order valence-electron chi connectivity index (χ4n) is 1.45. The molecule has 6 nitrogen and oxygen atoms in total. The first-order chi connectivity index (χ1) is 7.72. The lowest BCUT2D eigenvalue weighted by atomic mass is 10.3. The number of aromatic nitrogens is 1. The third-order valence-corrected chi connectivity index (χ3v) is 2.15. The number of amides is 2. The third-order valence-electron chi connectivity index (χ3n) is 2.15. The van der Waals surface area contributed by atoms with Crippen molar-refractivity contribution in [3.05, 3.63) is 24.5 Å². The molecule has 6 heteroatoms. The molecule has 0 aliphatic carbocycles. The van der Waals surface area contributed by atoms with Gasteiger partial charge in [0.15, 0.2) is 0 Å². The van der Waals surface area contributed by atoms with Gasteiger partial charge in [-0.2, -0.15) is 10.2 Å². The van der Waals surface area contributed by atoms with Crippen LogP contribution in [-0.4, -0.2) is 35.1 Å². The van der Waals surface area contributed by atoms with Crippen molar-refractivity contribution in [2.75, 3.05) is 11.4 Å². The summed E-state index contributed by atoms with van der Waals surface area (Å²) in [7, 11) is 0. The molecule has 0 N–H and O–H groups in total. The van der Waals surface area contributed by atoms with Gasteiger partial charge in [-0.25, -0.2) is 4.79 Å². The van der Waals surface area contributed by atoms with Crippen molar-refractivity contribution in [1.29, 1.82) is 0 Å². The fraction of sp³-hybridized carbons (Fsp3) is 0.200. The maximum Gasteiger partial charge on any atom is 0.366 e. The molecule has 1 aliphatic heterocycles. The summed E-state index contributed by atoms with van der Waals surface area (Å²) in [5.74, 6) is 0. The van der Waals surface area contributed by atoms with Crippen molar-refractivity contribution in [3.8, 4) is 0 Å². The number of hydrazone groups is 2. The number of rotatable bonds is 2. The number of anilines is 1. The Hall–Kier alpha value is -2.24. The maximum absolute atomic E-state index is 11.9. The van der Waals surface area contributed by atoms with Gasteiger partial charge >= 0.3 is 6.03 Å². The molecule has 0 spiro atoms. The van der Waals surface area contributed by atoms with Crippen LogP contribution in [0.25, 0.3) is 0 Å². The van der Waals surface area contributed by atoms with E-state index in [1.54, 1.807) is 23.4 Å². The number of hydrogen-bond acceptors (Lipinski definition) is 4. The largest absolute Gasteiger partial charge is 0.366 e. The van der Waals surface area contributed by atoms with Crippen molar-refractivity contribution in [1.82, 2.24) is 10.1 Å². The van der Waals surface area contributed by atoms with Crippen LogP contribution in [0.4, 0.5) is 10.5 Å². The molecule has 0 unspecified atom stereocenters. The highest BCUT2D eigenvalue weighted by molar-refractivity contribution is 6.02. The Kier molecular flexibility index (Phi) is 2.63. The van der Waals surface area contributed by atoms with E-state index in [1.807, 2.05) is 13.0 Å². The summed E-state index contributed by atoms with van der Waals surface area (Å²) in [6.45, 7) is 5.57. The van der Waals surface area contributed by atoms with Crippen LogP contribution in [0.5, 0.6) is 0 Å². The Morgan fingerprint density at radius 2 is 2.38 bits per heavy atom. The molecule has 2 heterocycles. The minimum Gasteiger partial charge on any atom is -0.284 e. The lowest BCUT2D eigenvalue weighted by molar-refractivity contribution is 0.208. The van der Waals surface area contributed by atoms with Crippen LogP contribution in [0, 0.1) is 0 Å². The number of carbonyl (C=O) groups is 1. The zero-order valence-corrected chi connectivity index (χ0v) is 8.87. The number of carbonyl (C=O) groups excluding carboxylic acids is 1. The Balaban J connectivity index is 2.34. The highest BCUT2D eigenvalue weighted by atomic mass is 16.2. The van der Waals surface area contributed by atoms with Gasteiger partial charge in [0.2, 0.25) is 0 Å². The minimum atomic E-state index is -0.325. The normalized spacial score (nSPS) is 16.1. The lowest BCUT2D eigenvalue weighted by Gasteiger charge is -2.28. The number of hydrogen-bond donors (Lipinski definition) is 0. The van der Waals surface area contributed by atoms with Crippen molar-refractivity contribution < 1.29 is 4.79 Å². The van der Waals surface area contributed by atoms with Gasteiger partial charge in [-0.1, -0.05) is 5.12 Å². The van der Waals surface area contributed by atoms with Crippen molar-refractivity contribution in [2.24, 2.45) is 10.2 Å². The van der Waals surface area contributed by atoms with E-state index >= 15 is 0 Å². The molecule has 2 rings (SSSR count). The number of nitrogens with zero attached hydrogens (tertiary/aromatic N) is 5. The first kappa shape index (κ1) is 10.3. The highest BCUT2D eigenvalue weighted by Gasteiger charge is 2.26. The van der Waals surface area contributed by atoms with E-state index in [4.69, 9.17) is 0 Å². The molecule has 0 radical (unpaired) electrons. The molecule has 1 aliphatic rings. The Labute approximate surface area is 92.9 Å². The van der Waals surface area contributed by atoms with Crippen molar-refractivity contribution in [2.45, 2.75) is 6.92 Å². The zero-order valence-electron chi connectivity index (χ0n) is 8.87. The summed E-state index contributed by atoms with van der Waals surface area (Å²) in [6.07, 6.45) is 3.28. The van der Waals surface area contributed by atoms with Crippen LogP contribution in [0.1, 0.15) is 6.92 Å². The Morgan fingerprint density at radius 3 is 3.00 bits per heavy atom. The molecule has 0 fully saturated rings. The molecule has 0 atom stereocenters. The van der Waals surface area contributed by atoms with Gasteiger partial charge in [0.1, 0.15) is 0 Å². The number of pyridine rings is 1. The van der Waals surface area contributed by atoms with Crippen LogP contribution in [0.2, 0.25) is 0 Å². The molecule has 16 heavy (non-hydrogen) atoms. The minimum absolute atomic E-state index is 0.325. The topological polar surface area (TPSA) is 61.2 Å². The van der Waals surface area contributed by atoms with Gasteiger partial charge in [-0.15, -0.1) is 0 Å². The van der Waals surface area contributed by atoms with E-state index in [1.165, 1.54) is 0 Å². The monoisotopic (exact) mass is 217 g/mol. The molecule has 0 saturated heterocycles. The predicted molar refractivity (Wildman–Crippen MR) is 61.5 cm³/mol. The lowest BCUT2D eigenvalue weighted by Crippen LogP contribution is -2.45. The second-order valence-corrected chi connectivity index (χ2v) is 3.35. The fourth-order valence-corrected chi connectivity index (χ4v) is 1.45. The summed E-state index contributed by atoms with van der Waals surface area (Å²) in [5.41, 5.74) is 1.51. The first-order valence-electron chi connectivity index (χ1n) is 4.74. The van der Waals surface area contributed by atoms with E-state index in [0.29, 0.717) is 6.54 Å². The van der Waals surface area contributed by atoms with Gasteiger partial charge in [-0.3, -0.25) is 9.88 Å². The molecule has 0 saturated carbocycles. The van der Waals surface area contributed by atoms with E-state index in [2.05, 4.69) is 21.9 Å². The van der Waals surface area contributed by atoms with Crippen LogP contribution < -0.4 is 4.90 Å². The van der Waals surface area contributed by atoms with E-state index in [9.17, 15) is 4.79 Å². The average molecular weight is 217 g/mol. The van der Waals surface area contributed by atoms with Crippen LogP contribution in [0.3, 0.4) is 0 Å². The second kappa shape index (κ2) is 4.09. The molecule has 0 aromatic carbocycles. The van der Waals surface area contributed by atoms with Gasteiger partial charge < -0.3 is 0 Å². The molecule has 1 aromatic rings. The van der Waals surface area contributed by atoms with E-state index < -0.39 is 0 Å². The maximum atomic E-state index is 11.9. The van der Waals surface area contributed by atoms with Crippen molar-refractivity contribution >= 4 is 24.1 Å². The molecule has 82 valence electrons. The molecule has 1 aromatic heterocycles. The van der Waals surface area contributed by atoms with E-state index in [0.717, 1.165) is 16.5 Å². The van der Waals surface area contributed by atoms with Gasteiger partial charge in [0.25, 0.3) is 0 Å². The SMILES string of the molecule is C=NN1N=C(C)CN(c2cccnc2)C1=O. The number of urea groups is 1. The zero-order chi connectivity index (χ0) is 11.5. The quantitative estimate of drug-likeness (QED) is 0.701. The van der Waals surface area contributed by atoms with Gasteiger partial charge in [-0.05, 0) is 19.1 Å². The van der Waals surface area contributed by atoms with Gasteiger partial charge in [0, 0.05) is 12.9 Å². The predicted octanol–water partition coefficient (Wildman–Crippen LogP) is 1.32. The first-order valence-corrected chi connectivity index (χ1v) is 4.74. The molecular formula is C10H11N5O. The Bertz CT molecular complexity index is 442. The van der Waals surface area contributed by atoms with E-state index in [-0.39, 0.29) is 6.03 Å². The van der Waals surface area contributed by atoms with Crippen molar-refractivity contribution in [3.63, 3.8) is 0 Å². The Morgan fingerprint density at radius 1 is 1.56 bits per heavy atom. The molecule has 0 bridgehead atoms. The summed E-state index contributed by atoms with van der Waals surface area (Å²) in [5, 5.41) is 8.48. The van der Waals surface area contributed by atoms with Crippen LogP contribution in [0.15, 0.2) is 34.7 Å². The third kappa shape index (κ3) is 1.77. The summed E-state index contributed by atoms with van der Waals surface area (Å²) < 4.78 is 0. The van der Waals surface area contributed by atoms with Crippen LogP contribution in [-0.2, 0) is 0 Å². The van der Waals surface area contributed by atoms with Gasteiger partial charge in [0.05, 0.1) is 24.1 Å². The molecular weight excluding hydrogens is 206 g/mol. The highest BCUT2D eigenvalue weighted by Crippen LogP contribution is 2.17. The molecule has 2 amide bonds. The smallest absolute Gasteiger partial charge is 0.284 e. The summed E-state index contributed by atoms with van der Waals surface area (Å²) in [4.78, 5) is 17.4. The second-order valence-electron chi connectivity index (χ2n) is 3.35.